The van der Waals surface area contributed by atoms with Gasteiger partial charge in [0.05, 0.1) is 11.9 Å². The molecular weight excluding hydrogens is 162 g/mol. The van der Waals surface area contributed by atoms with Crippen LogP contribution in [-0.2, 0) is 0 Å². The Morgan fingerprint density at radius 1 is 1.54 bits per heavy atom. The number of nitrogens with two attached hydrogens (primary N) is 1. The first-order valence-electron chi connectivity index (χ1n) is 4.65. The Morgan fingerprint density at radius 2 is 2.38 bits per heavy atom. The van der Waals surface area contributed by atoms with Gasteiger partial charge in [-0.1, -0.05) is 0 Å². The van der Waals surface area contributed by atoms with Gasteiger partial charge in [0.2, 0.25) is 0 Å². The van der Waals surface area contributed by atoms with Crippen molar-refractivity contribution in [2.75, 3.05) is 25.9 Å². The molecule has 2 heterocycles. The molecule has 1 unspecified atom stereocenters. The lowest BCUT2D eigenvalue weighted by atomic mass is 10.0. The quantitative estimate of drug-likeness (QED) is 0.698. The highest BCUT2D eigenvalue weighted by Crippen LogP contribution is 2.24. The van der Waals surface area contributed by atoms with E-state index in [9.17, 15) is 0 Å². The van der Waals surface area contributed by atoms with Crippen molar-refractivity contribution in [1.29, 1.82) is 0 Å². The molecule has 1 aromatic rings. The lowest BCUT2D eigenvalue weighted by Gasteiger charge is -2.09. The van der Waals surface area contributed by atoms with Crippen molar-refractivity contribution in [2.24, 2.45) is 0 Å². The highest BCUT2D eigenvalue weighted by molar-refractivity contribution is 5.35. The third-order valence-electron chi connectivity index (χ3n) is 2.62. The van der Waals surface area contributed by atoms with Gasteiger partial charge in [0, 0.05) is 18.2 Å². The van der Waals surface area contributed by atoms with Crippen LogP contribution in [0.2, 0.25) is 0 Å². The van der Waals surface area contributed by atoms with Gasteiger partial charge in [-0.15, -0.1) is 0 Å². The molecule has 1 saturated heterocycles. The predicted octanol–water partition coefficient (Wildman–Crippen LogP) is 1.08. The van der Waals surface area contributed by atoms with Crippen molar-refractivity contribution in [3.8, 4) is 0 Å². The number of anilines is 1. The van der Waals surface area contributed by atoms with E-state index in [4.69, 9.17) is 5.73 Å². The van der Waals surface area contributed by atoms with Crippen LogP contribution < -0.4 is 5.73 Å². The number of nitrogen functional groups attached to an aromatic ring is 1. The molecule has 1 aliphatic rings. The molecule has 13 heavy (non-hydrogen) atoms. The minimum absolute atomic E-state index is 0.602. The minimum Gasteiger partial charge on any atom is -0.397 e. The molecule has 3 heteroatoms. The maximum Gasteiger partial charge on any atom is 0.0501 e. The fourth-order valence-corrected chi connectivity index (χ4v) is 1.83. The highest BCUT2D eigenvalue weighted by Gasteiger charge is 2.21. The zero-order chi connectivity index (χ0) is 9.26. The zero-order valence-corrected chi connectivity index (χ0v) is 7.90. The lowest BCUT2D eigenvalue weighted by Crippen LogP contribution is -2.13. The molecular formula is C10H15N3. The van der Waals surface area contributed by atoms with Gasteiger partial charge in [-0.2, -0.15) is 0 Å². The van der Waals surface area contributed by atoms with Gasteiger partial charge in [0.1, 0.15) is 0 Å². The van der Waals surface area contributed by atoms with Crippen molar-refractivity contribution in [3.63, 3.8) is 0 Å². The molecule has 0 aliphatic carbocycles. The highest BCUT2D eigenvalue weighted by atomic mass is 15.1. The molecule has 0 radical (unpaired) electrons. The summed E-state index contributed by atoms with van der Waals surface area (Å²) >= 11 is 0. The smallest absolute Gasteiger partial charge is 0.0501 e. The van der Waals surface area contributed by atoms with E-state index in [1.807, 2.05) is 12.1 Å². The fourth-order valence-electron chi connectivity index (χ4n) is 1.83. The second-order valence-corrected chi connectivity index (χ2v) is 3.76. The van der Waals surface area contributed by atoms with E-state index < -0.39 is 0 Å². The number of aromatic nitrogens is 1. The number of likely N-dealkylation sites (tertiary alicyclic amines) is 1. The van der Waals surface area contributed by atoms with E-state index in [2.05, 4.69) is 16.9 Å². The van der Waals surface area contributed by atoms with Crippen molar-refractivity contribution in [1.82, 2.24) is 9.88 Å². The monoisotopic (exact) mass is 177 g/mol. The van der Waals surface area contributed by atoms with Crippen molar-refractivity contribution in [3.05, 3.63) is 24.0 Å². The maximum atomic E-state index is 5.58. The van der Waals surface area contributed by atoms with Gasteiger partial charge < -0.3 is 10.6 Å². The second kappa shape index (κ2) is 3.34. The molecule has 1 aliphatic heterocycles. The van der Waals surface area contributed by atoms with Gasteiger partial charge >= 0.3 is 0 Å². The number of pyridine rings is 1. The predicted molar refractivity (Wildman–Crippen MR) is 53.5 cm³/mol. The summed E-state index contributed by atoms with van der Waals surface area (Å²) in [5.74, 6) is 0.602. The summed E-state index contributed by atoms with van der Waals surface area (Å²) < 4.78 is 0. The summed E-state index contributed by atoms with van der Waals surface area (Å²) in [6.07, 6.45) is 2.96. The van der Waals surface area contributed by atoms with E-state index in [-0.39, 0.29) is 0 Å². The molecule has 1 fully saturated rings. The van der Waals surface area contributed by atoms with Crippen LogP contribution in [0, 0.1) is 0 Å². The maximum absolute atomic E-state index is 5.58. The Morgan fingerprint density at radius 3 is 2.92 bits per heavy atom. The number of nitrogens with zero attached hydrogens (tertiary/aromatic N) is 2. The van der Waals surface area contributed by atoms with E-state index in [0.29, 0.717) is 5.92 Å². The van der Waals surface area contributed by atoms with Crippen molar-refractivity contribution < 1.29 is 0 Å². The van der Waals surface area contributed by atoms with Gasteiger partial charge in [-0.25, -0.2) is 0 Å². The second-order valence-electron chi connectivity index (χ2n) is 3.76. The Hall–Kier alpha value is -1.09. The summed E-state index contributed by atoms with van der Waals surface area (Å²) in [5, 5.41) is 0. The molecule has 3 nitrogen and oxygen atoms in total. The Kier molecular flexibility index (Phi) is 2.19. The molecule has 0 saturated carbocycles. The van der Waals surface area contributed by atoms with Crippen LogP contribution in [0.4, 0.5) is 5.69 Å². The average Bonchev–Trinajstić information content (AvgIpc) is 2.53. The molecule has 0 amide bonds. The third-order valence-corrected chi connectivity index (χ3v) is 2.62. The van der Waals surface area contributed by atoms with Gasteiger partial charge in [-0.05, 0) is 32.1 Å². The normalized spacial score (nSPS) is 23.6. The molecule has 0 bridgehead atoms. The van der Waals surface area contributed by atoms with E-state index in [1.54, 1.807) is 6.20 Å². The van der Waals surface area contributed by atoms with Crippen LogP contribution in [-0.4, -0.2) is 30.0 Å². The van der Waals surface area contributed by atoms with E-state index >= 15 is 0 Å². The minimum atomic E-state index is 0.602. The van der Waals surface area contributed by atoms with Gasteiger partial charge in [-0.3, -0.25) is 4.98 Å². The van der Waals surface area contributed by atoms with Crippen LogP contribution in [0.1, 0.15) is 18.0 Å². The lowest BCUT2D eigenvalue weighted by molar-refractivity contribution is 0.411. The summed E-state index contributed by atoms with van der Waals surface area (Å²) in [4.78, 5) is 6.68. The van der Waals surface area contributed by atoms with Crippen molar-refractivity contribution in [2.45, 2.75) is 12.3 Å². The average molecular weight is 177 g/mol. The van der Waals surface area contributed by atoms with E-state index in [0.717, 1.165) is 12.2 Å². The summed E-state index contributed by atoms with van der Waals surface area (Å²) in [6, 6.07) is 3.97. The van der Waals surface area contributed by atoms with Crippen LogP contribution in [0.25, 0.3) is 0 Å². The first-order valence-corrected chi connectivity index (χ1v) is 4.65. The van der Waals surface area contributed by atoms with E-state index in [1.165, 1.54) is 18.7 Å². The summed E-state index contributed by atoms with van der Waals surface area (Å²) in [6.45, 7) is 2.30. The SMILES string of the molecule is CN1CCC(c2ccc(N)cn2)C1. The fraction of sp³-hybridized carbons (Fsp3) is 0.500. The largest absolute Gasteiger partial charge is 0.397 e. The molecule has 1 aromatic heterocycles. The van der Waals surface area contributed by atoms with Crippen LogP contribution in [0.3, 0.4) is 0 Å². The molecule has 0 aromatic carbocycles. The Balaban J connectivity index is 2.13. The first-order chi connectivity index (χ1) is 6.25. The van der Waals surface area contributed by atoms with Crippen LogP contribution >= 0.6 is 0 Å². The van der Waals surface area contributed by atoms with Gasteiger partial charge in [0.25, 0.3) is 0 Å². The summed E-state index contributed by atoms with van der Waals surface area (Å²) in [7, 11) is 2.15. The van der Waals surface area contributed by atoms with Crippen LogP contribution in [0.5, 0.6) is 0 Å². The molecule has 2 rings (SSSR count). The molecule has 1 atom stereocenters. The number of hydrogen-bond donors (Lipinski definition) is 1. The van der Waals surface area contributed by atoms with Gasteiger partial charge in [0.15, 0.2) is 0 Å². The first kappa shape index (κ1) is 8.51. The summed E-state index contributed by atoms with van der Waals surface area (Å²) in [5.41, 5.74) is 7.50. The Bertz CT molecular complexity index is 281. The number of hydrogen-bond acceptors (Lipinski definition) is 3. The molecule has 70 valence electrons. The zero-order valence-electron chi connectivity index (χ0n) is 7.90. The van der Waals surface area contributed by atoms with Crippen LogP contribution in [0.15, 0.2) is 18.3 Å². The Labute approximate surface area is 78.6 Å². The number of rotatable bonds is 1. The molecule has 0 spiro atoms. The molecule has 2 N–H and O–H groups in total. The standard InChI is InChI=1S/C10H15N3/c1-13-5-4-8(7-13)10-3-2-9(11)6-12-10/h2-3,6,8H,4-5,7,11H2,1H3. The third kappa shape index (κ3) is 1.80. The topological polar surface area (TPSA) is 42.1 Å². The number of likely N-dealkylation sites (N-methyl/N-ethyl adjacent to an activating group) is 1. The van der Waals surface area contributed by atoms with Crippen molar-refractivity contribution >= 4 is 5.69 Å².